The second-order valence-corrected chi connectivity index (χ2v) is 11.6. The number of aromatic amines is 1. The van der Waals surface area contributed by atoms with E-state index in [1.807, 2.05) is 30.3 Å². The standard InChI is InChI=1S/C30H23Cl3N4O4/c31-22-2-1-3-23(32)26(22)27-21(29(41-36-27)15-4-5-15)14-40-18-7-9-19(24(33)11-18)16-12-37(13-16)17-6-8-20-25(10-17)34-35-28(20)30(38)39/h1-3,6-11,15-16H,4-5,12-14H2,(H,34,35)(H,38,39). The lowest BCUT2D eigenvalue weighted by Gasteiger charge is -2.41. The predicted octanol–water partition coefficient (Wildman–Crippen LogP) is 7.94. The smallest absolute Gasteiger partial charge is 0.357 e. The molecule has 208 valence electrons. The van der Waals surface area contributed by atoms with Crippen LogP contribution in [0.3, 0.4) is 0 Å². The van der Waals surface area contributed by atoms with Crippen LogP contribution in [-0.2, 0) is 6.61 Å². The van der Waals surface area contributed by atoms with Crippen molar-refractivity contribution in [2.75, 3.05) is 18.0 Å². The first-order valence-electron chi connectivity index (χ1n) is 13.2. The molecule has 5 aromatic rings. The lowest BCUT2D eigenvalue weighted by molar-refractivity contribution is 0.0692. The Morgan fingerprint density at radius 1 is 1.02 bits per heavy atom. The number of nitrogens with zero attached hydrogens (tertiary/aromatic N) is 3. The van der Waals surface area contributed by atoms with E-state index in [9.17, 15) is 9.90 Å². The molecular weight excluding hydrogens is 587 g/mol. The number of carbonyl (C=O) groups is 1. The fourth-order valence-corrected chi connectivity index (χ4v) is 6.29. The molecule has 2 N–H and O–H groups in total. The summed E-state index contributed by atoms with van der Waals surface area (Å²) in [6, 6.07) is 16.8. The molecule has 0 bridgehead atoms. The van der Waals surface area contributed by atoms with Gasteiger partial charge in [0.05, 0.1) is 21.1 Å². The van der Waals surface area contributed by atoms with Gasteiger partial charge in [-0.05, 0) is 60.9 Å². The third-order valence-electron chi connectivity index (χ3n) is 7.76. The molecule has 11 heteroatoms. The molecule has 0 amide bonds. The third kappa shape index (κ3) is 4.80. The minimum Gasteiger partial charge on any atom is -0.489 e. The lowest BCUT2D eigenvalue weighted by Crippen LogP contribution is -2.45. The first kappa shape index (κ1) is 26.2. The Labute approximate surface area is 249 Å². The Morgan fingerprint density at radius 3 is 2.51 bits per heavy atom. The third-order valence-corrected chi connectivity index (χ3v) is 8.71. The fraction of sp³-hybridized carbons (Fsp3) is 0.233. The number of hydrogen-bond donors (Lipinski definition) is 2. The highest BCUT2D eigenvalue weighted by molar-refractivity contribution is 6.39. The SMILES string of the molecule is O=C(O)c1n[nH]c2cc(N3CC(c4ccc(OCc5c(-c6c(Cl)cccc6Cl)noc5C5CC5)cc4Cl)C3)ccc12. The zero-order valence-electron chi connectivity index (χ0n) is 21.5. The highest BCUT2D eigenvalue weighted by Crippen LogP contribution is 2.46. The molecule has 1 saturated carbocycles. The summed E-state index contributed by atoms with van der Waals surface area (Å²) in [5.74, 6) is 1.01. The number of aromatic nitrogens is 3. The van der Waals surface area contributed by atoms with Gasteiger partial charge in [-0.25, -0.2) is 4.79 Å². The van der Waals surface area contributed by atoms with Gasteiger partial charge in [-0.3, -0.25) is 5.10 Å². The quantitative estimate of drug-likeness (QED) is 0.184. The van der Waals surface area contributed by atoms with Crippen LogP contribution in [0.2, 0.25) is 15.1 Å². The molecule has 1 aliphatic heterocycles. The Morgan fingerprint density at radius 2 is 1.80 bits per heavy atom. The molecule has 7 rings (SSSR count). The minimum absolute atomic E-state index is 0.0267. The van der Waals surface area contributed by atoms with Crippen LogP contribution in [0.1, 0.15) is 52.1 Å². The number of fused-ring (bicyclic) bond motifs is 1. The van der Waals surface area contributed by atoms with Crippen LogP contribution >= 0.6 is 34.8 Å². The molecule has 3 aromatic carbocycles. The van der Waals surface area contributed by atoms with Gasteiger partial charge < -0.3 is 19.3 Å². The molecular formula is C30H23Cl3N4O4. The van der Waals surface area contributed by atoms with Crippen molar-refractivity contribution in [2.24, 2.45) is 0 Å². The second-order valence-electron chi connectivity index (χ2n) is 10.4. The molecule has 8 nitrogen and oxygen atoms in total. The summed E-state index contributed by atoms with van der Waals surface area (Å²) >= 11 is 19.7. The molecule has 3 heterocycles. The van der Waals surface area contributed by atoms with E-state index in [1.165, 1.54) is 0 Å². The van der Waals surface area contributed by atoms with Crippen molar-refractivity contribution in [3.05, 3.63) is 92.2 Å². The molecule has 0 radical (unpaired) electrons. The monoisotopic (exact) mass is 608 g/mol. The molecule has 1 aliphatic carbocycles. The van der Waals surface area contributed by atoms with Crippen molar-refractivity contribution >= 4 is 57.4 Å². The number of H-pyrrole nitrogens is 1. The number of carboxylic acids is 1. The van der Waals surface area contributed by atoms with Gasteiger partial charge in [0.15, 0.2) is 5.69 Å². The van der Waals surface area contributed by atoms with Crippen molar-refractivity contribution in [3.8, 4) is 17.0 Å². The lowest BCUT2D eigenvalue weighted by atomic mass is 9.90. The topological polar surface area (TPSA) is 104 Å². The summed E-state index contributed by atoms with van der Waals surface area (Å²) in [5.41, 5.74) is 4.87. The van der Waals surface area contributed by atoms with E-state index in [1.54, 1.807) is 24.3 Å². The van der Waals surface area contributed by atoms with E-state index >= 15 is 0 Å². The number of carboxylic acid groups (broad SMARTS) is 1. The number of benzene rings is 3. The molecule has 0 atom stereocenters. The molecule has 2 aliphatic rings. The summed E-state index contributed by atoms with van der Waals surface area (Å²) in [7, 11) is 0. The van der Waals surface area contributed by atoms with Gasteiger partial charge in [0.1, 0.15) is 23.8 Å². The maximum atomic E-state index is 11.3. The van der Waals surface area contributed by atoms with E-state index in [0.29, 0.717) is 48.9 Å². The normalized spacial score (nSPS) is 15.3. The Bertz CT molecular complexity index is 1790. The van der Waals surface area contributed by atoms with Crippen molar-refractivity contribution < 1.29 is 19.2 Å². The van der Waals surface area contributed by atoms with E-state index in [4.69, 9.17) is 44.1 Å². The van der Waals surface area contributed by atoms with Gasteiger partial charge >= 0.3 is 5.97 Å². The second kappa shape index (κ2) is 10.3. The van der Waals surface area contributed by atoms with Crippen LogP contribution in [0.25, 0.3) is 22.2 Å². The van der Waals surface area contributed by atoms with Gasteiger partial charge in [0.25, 0.3) is 0 Å². The molecule has 2 fully saturated rings. The van der Waals surface area contributed by atoms with Crippen LogP contribution in [0.5, 0.6) is 5.75 Å². The molecule has 2 aromatic heterocycles. The van der Waals surface area contributed by atoms with Crippen LogP contribution in [0.4, 0.5) is 5.69 Å². The summed E-state index contributed by atoms with van der Waals surface area (Å²) in [6.07, 6.45) is 2.10. The Balaban J connectivity index is 1.05. The highest BCUT2D eigenvalue weighted by atomic mass is 35.5. The summed E-state index contributed by atoms with van der Waals surface area (Å²) in [4.78, 5) is 13.6. The minimum atomic E-state index is -1.05. The zero-order chi connectivity index (χ0) is 28.2. The van der Waals surface area contributed by atoms with Crippen molar-refractivity contribution in [2.45, 2.75) is 31.3 Å². The highest BCUT2D eigenvalue weighted by Gasteiger charge is 2.34. The number of ether oxygens (including phenoxy) is 1. The van der Waals surface area contributed by atoms with Gasteiger partial charge in [-0.2, -0.15) is 5.10 Å². The Kier molecular flexibility index (Phi) is 6.57. The largest absolute Gasteiger partial charge is 0.489 e. The van der Waals surface area contributed by atoms with Crippen LogP contribution in [-0.4, -0.2) is 39.5 Å². The van der Waals surface area contributed by atoms with Crippen LogP contribution in [0.15, 0.2) is 59.1 Å². The summed E-state index contributed by atoms with van der Waals surface area (Å²) < 4.78 is 11.9. The molecule has 41 heavy (non-hydrogen) atoms. The number of hydrogen-bond acceptors (Lipinski definition) is 6. The molecule has 0 unspecified atom stereocenters. The summed E-state index contributed by atoms with van der Waals surface area (Å²) in [5, 5.41) is 22.6. The van der Waals surface area contributed by atoms with Gasteiger partial charge in [0, 0.05) is 46.6 Å². The van der Waals surface area contributed by atoms with E-state index in [0.717, 1.165) is 48.5 Å². The molecule has 0 spiro atoms. The van der Waals surface area contributed by atoms with Crippen molar-refractivity contribution in [1.82, 2.24) is 15.4 Å². The van der Waals surface area contributed by atoms with E-state index in [2.05, 4.69) is 20.3 Å². The fourth-order valence-electron chi connectivity index (χ4n) is 5.39. The van der Waals surface area contributed by atoms with E-state index < -0.39 is 5.97 Å². The van der Waals surface area contributed by atoms with Crippen LogP contribution in [0, 0.1) is 0 Å². The number of rotatable bonds is 8. The number of nitrogens with one attached hydrogen (secondary N) is 1. The first-order valence-corrected chi connectivity index (χ1v) is 14.3. The van der Waals surface area contributed by atoms with Crippen LogP contribution < -0.4 is 9.64 Å². The van der Waals surface area contributed by atoms with Gasteiger partial charge in [-0.15, -0.1) is 0 Å². The molecule has 1 saturated heterocycles. The first-order chi connectivity index (χ1) is 19.9. The maximum absolute atomic E-state index is 11.3. The van der Waals surface area contributed by atoms with Gasteiger partial charge in [0.2, 0.25) is 0 Å². The summed E-state index contributed by atoms with van der Waals surface area (Å²) in [6.45, 7) is 1.83. The predicted molar refractivity (Wildman–Crippen MR) is 158 cm³/mol. The Hall–Kier alpha value is -3.72. The number of aromatic carboxylic acids is 1. The number of anilines is 1. The average molecular weight is 610 g/mol. The average Bonchev–Trinajstić information content (AvgIpc) is 3.54. The zero-order valence-corrected chi connectivity index (χ0v) is 23.8. The van der Waals surface area contributed by atoms with E-state index in [-0.39, 0.29) is 18.2 Å². The number of halogens is 3. The maximum Gasteiger partial charge on any atom is 0.357 e. The van der Waals surface area contributed by atoms with Crippen molar-refractivity contribution in [1.29, 1.82) is 0 Å². The van der Waals surface area contributed by atoms with Crippen molar-refractivity contribution in [3.63, 3.8) is 0 Å². The van der Waals surface area contributed by atoms with Gasteiger partial charge in [-0.1, -0.05) is 52.1 Å².